The van der Waals surface area contributed by atoms with Crippen molar-refractivity contribution in [1.29, 1.82) is 0 Å². The van der Waals surface area contributed by atoms with Crippen molar-refractivity contribution < 1.29 is 34.4 Å². The zero-order valence-electron chi connectivity index (χ0n) is 14.6. The summed E-state index contributed by atoms with van der Waals surface area (Å²) in [5.41, 5.74) is 0.575. The number of hydrogen-bond acceptors (Lipinski definition) is 7. The predicted octanol–water partition coefficient (Wildman–Crippen LogP) is 2.96. The summed E-state index contributed by atoms with van der Waals surface area (Å²) in [4.78, 5) is 36.0. The molecule has 1 amide bonds. The van der Waals surface area contributed by atoms with E-state index in [9.17, 15) is 19.5 Å². The van der Waals surface area contributed by atoms with Gasteiger partial charge in [-0.15, -0.1) is 0 Å². The first-order valence-electron chi connectivity index (χ1n) is 8.05. The molecule has 0 bridgehead atoms. The average molecular weight is 431 g/mol. The summed E-state index contributed by atoms with van der Waals surface area (Å²) >= 11 is 6.31. The highest BCUT2D eigenvalue weighted by Crippen LogP contribution is 2.37. The molecule has 3 N–H and O–H groups in total. The molecular formula is C19H13NO7S2. The molecule has 0 unspecified atom stereocenters. The highest BCUT2D eigenvalue weighted by Gasteiger charge is 2.34. The summed E-state index contributed by atoms with van der Waals surface area (Å²) in [6.07, 6.45) is 1.61. The number of aromatic carboxylic acids is 1. The molecule has 0 atom stereocenters. The van der Waals surface area contributed by atoms with E-state index in [1.54, 1.807) is 30.3 Å². The minimum absolute atomic E-state index is 0.227. The Kier molecular flexibility index (Phi) is 5.85. The van der Waals surface area contributed by atoms with Crippen LogP contribution >= 0.6 is 24.0 Å². The highest BCUT2D eigenvalue weighted by atomic mass is 32.2. The monoisotopic (exact) mass is 431 g/mol. The number of carboxylic acid groups (broad SMARTS) is 2. The van der Waals surface area contributed by atoms with E-state index < -0.39 is 30.2 Å². The number of amides is 1. The maximum absolute atomic E-state index is 12.8. The van der Waals surface area contributed by atoms with Crippen LogP contribution in [0, 0.1) is 0 Å². The van der Waals surface area contributed by atoms with Crippen molar-refractivity contribution in [3.8, 4) is 11.5 Å². The lowest BCUT2D eigenvalue weighted by Gasteiger charge is -2.15. The third kappa shape index (κ3) is 4.55. The SMILES string of the molecule is O=C(O)COc1ccc(/C=C2\SC(=S)N(c3ccc(O)c(C(=O)O)c3)C2=O)cc1. The number of aliphatic carboxylic acids is 1. The number of anilines is 1. The van der Waals surface area contributed by atoms with Gasteiger partial charge in [-0.1, -0.05) is 36.1 Å². The third-order valence-electron chi connectivity index (χ3n) is 3.80. The Morgan fingerprint density at radius 3 is 2.45 bits per heavy atom. The molecule has 0 radical (unpaired) electrons. The normalized spacial score (nSPS) is 15.0. The number of hydrogen-bond donors (Lipinski definition) is 3. The van der Waals surface area contributed by atoms with Crippen LogP contribution in [0.15, 0.2) is 47.4 Å². The van der Waals surface area contributed by atoms with E-state index in [0.29, 0.717) is 16.2 Å². The lowest BCUT2D eigenvalue weighted by atomic mass is 10.1. The van der Waals surface area contributed by atoms with Crippen LogP contribution in [0.2, 0.25) is 0 Å². The lowest BCUT2D eigenvalue weighted by molar-refractivity contribution is -0.139. The van der Waals surface area contributed by atoms with Gasteiger partial charge in [0.15, 0.2) is 10.9 Å². The number of nitrogens with zero attached hydrogens (tertiary/aromatic N) is 1. The van der Waals surface area contributed by atoms with Crippen molar-refractivity contribution in [3.05, 3.63) is 58.5 Å². The van der Waals surface area contributed by atoms with Crippen LogP contribution in [-0.2, 0) is 9.59 Å². The first kappa shape index (κ1) is 20.4. The first-order valence-corrected chi connectivity index (χ1v) is 9.27. The largest absolute Gasteiger partial charge is 0.507 e. The second-order valence-electron chi connectivity index (χ2n) is 5.78. The Labute approximate surface area is 174 Å². The van der Waals surface area contributed by atoms with Gasteiger partial charge in [0.05, 0.1) is 10.6 Å². The predicted molar refractivity (Wildman–Crippen MR) is 110 cm³/mol. The summed E-state index contributed by atoms with van der Waals surface area (Å²) in [7, 11) is 0. The van der Waals surface area contributed by atoms with E-state index in [4.69, 9.17) is 27.2 Å². The smallest absolute Gasteiger partial charge is 0.341 e. The fraction of sp³-hybridized carbons (Fsp3) is 0.0526. The van der Waals surface area contributed by atoms with Gasteiger partial charge in [0.1, 0.15) is 17.1 Å². The number of aromatic hydroxyl groups is 1. The van der Waals surface area contributed by atoms with Gasteiger partial charge in [0.2, 0.25) is 0 Å². The summed E-state index contributed by atoms with van der Waals surface area (Å²) < 4.78 is 5.28. The fourth-order valence-corrected chi connectivity index (χ4v) is 3.78. The number of thiocarbonyl (C=S) groups is 1. The minimum Gasteiger partial charge on any atom is -0.507 e. The lowest BCUT2D eigenvalue weighted by Crippen LogP contribution is -2.27. The summed E-state index contributed by atoms with van der Waals surface area (Å²) in [6, 6.07) is 10.3. The molecule has 0 aromatic heterocycles. The van der Waals surface area contributed by atoms with Gasteiger partial charge in [0.25, 0.3) is 5.91 Å². The third-order valence-corrected chi connectivity index (χ3v) is 5.10. The second-order valence-corrected chi connectivity index (χ2v) is 7.45. The summed E-state index contributed by atoms with van der Waals surface area (Å²) in [6.45, 7) is -0.455. The van der Waals surface area contributed by atoms with Gasteiger partial charge in [-0.2, -0.15) is 0 Å². The number of rotatable bonds is 6. The number of thioether (sulfide) groups is 1. The molecule has 0 spiro atoms. The van der Waals surface area contributed by atoms with Crippen LogP contribution in [0.4, 0.5) is 5.69 Å². The van der Waals surface area contributed by atoms with Crippen LogP contribution in [0.1, 0.15) is 15.9 Å². The number of benzene rings is 2. The number of carboxylic acids is 2. The van der Waals surface area contributed by atoms with E-state index in [1.807, 2.05) is 0 Å². The zero-order valence-corrected chi connectivity index (χ0v) is 16.2. The molecule has 2 aromatic carbocycles. The Hall–Kier alpha value is -3.37. The molecule has 10 heteroatoms. The van der Waals surface area contributed by atoms with Gasteiger partial charge < -0.3 is 20.1 Å². The van der Waals surface area contributed by atoms with E-state index in [0.717, 1.165) is 11.8 Å². The molecule has 8 nitrogen and oxygen atoms in total. The highest BCUT2D eigenvalue weighted by molar-refractivity contribution is 8.27. The van der Waals surface area contributed by atoms with Gasteiger partial charge >= 0.3 is 11.9 Å². The van der Waals surface area contributed by atoms with Crippen LogP contribution in [0.25, 0.3) is 6.08 Å². The van der Waals surface area contributed by atoms with Gasteiger partial charge in [-0.25, -0.2) is 9.59 Å². The number of carbonyl (C=O) groups excluding carboxylic acids is 1. The van der Waals surface area contributed by atoms with Crippen LogP contribution in [0.5, 0.6) is 11.5 Å². The van der Waals surface area contributed by atoms with E-state index in [-0.39, 0.29) is 15.6 Å². The summed E-state index contributed by atoms with van der Waals surface area (Å²) in [5, 5.41) is 27.4. The molecule has 1 fully saturated rings. The molecule has 3 rings (SSSR count). The molecule has 1 heterocycles. The van der Waals surface area contributed by atoms with Crippen molar-refractivity contribution in [1.82, 2.24) is 0 Å². The van der Waals surface area contributed by atoms with Crippen molar-refractivity contribution in [2.24, 2.45) is 0 Å². The molecule has 29 heavy (non-hydrogen) atoms. The molecule has 148 valence electrons. The molecule has 0 aliphatic carbocycles. The van der Waals surface area contributed by atoms with Gasteiger partial charge in [0, 0.05) is 0 Å². The molecule has 2 aromatic rings. The van der Waals surface area contributed by atoms with Crippen molar-refractivity contribution >= 4 is 57.9 Å². The minimum atomic E-state index is -1.32. The Morgan fingerprint density at radius 1 is 1.14 bits per heavy atom. The van der Waals surface area contributed by atoms with Crippen molar-refractivity contribution in [2.75, 3.05) is 11.5 Å². The van der Waals surface area contributed by atoms with Crippen LogP contribution < -0.4 is 9.64 Å². The fourth-order valence-electron chi connectivity index (χ4n) is 2.48. The molecule has 1 saturated heterocycles. The number of carbonyl (C=O) groups is 3. The van der Waals surface area contributed by atoms with Gasteiger partial charge in [-0.05, 0) is 42.0 Å². The second kappa shape index (κ2) is 8.33. The maximum atomic E-state index is 12.8. The zero-order chi connectivity index (χ0) is 21.1. The summed E-state index contributed by atoms with van der Waals surface area (Å²) in [5.74, 6) is -2.86. The molecule has 0 saturated carbocycles. The van der Waals surface area contributed by atoms with Crippen LogP contribution in [-0.4, -0.2) is 44.1 Å². The van der Waals surface area contributed by atoms with Crippen LogP contribution in [0.3, 0.4) is 0 Å². The van der Waals surface area contributed by atoms with Crippen molar-refractivity contribution in [2.45, 2.75) is 0 Å². The van der Waals surface area contributed by atoms with E-state index in [2.05, 4.69) is 0 Å². The Balaban J connectivity index is 1.82. The number of phenols is 1. The topological polar surface area (TPSA) is 124 Å². The standard InChI is InChI=1S/C19H13NO7S2/c21-14-6-3-11(8-13(14)18(25)26)20-17(24)15(29-19(20)28)7-10-1-4-12(5-2-10)27-9-16(22)23/h1-8,21H,9H2,(H,22,23)(H,25,26)/b15-7-. The molecule has 1 aliphatic rings. The quantitative estimate of drug-likeness (QED) is 0.468. The van der Waals surface area contributed by atoms with E-state index in [1.165, 1.54) is 23.1 Å². The number of ether oxygens (including phenoxy) is 1. The van der Waals surface area contributed by atoms with Gasteiger partial charge in [-0.3, -0.25) is 9.69 Å². The van der Waals surface area contributed by atoms with Crippen molar-refractivity contribution in [3.63, 3.8) is 0 Å². The average Bonchev–Trinajstić information content (AvgIpc) is 2.95. The maximum Gasteiger partial charge on any atom is 0.341 e. The van der Waals surface area contributed by atoms with E-state index >= 15 is 0 Å². The molecule has 1 aliphatic heterocycles. The molecular weight excluding hydrogens is 418 g/mol. The first-order chi connectivity index (χ1) is 13.8. The Morgan fingerprint density at radius 2 is 1.83 bits per heavy atom. The Bertz CT molecular complexity index is 1050.